The zero-order valence-electron chi connectivity index (χ0n) is 10.3. The van der Waals surface area contributed by atoms with Gasteiger partial charge < -0.3 is 10.6 Å². The lowest BCUT2D eigenvalue weighted by molar-refractivity contribution is -0.420. The molecule has 0 aromatic heterocycles. The summed E-state index contributed by atoms with van der Waals surface area (Å²) in [7, 11) is 1.55. The van der Waals surface area contributed by atoms with E-state index in [1.165, 1.54) is 0 Å². The van der Waals surface area contributed by atoms with Crippen LogP contribution in [0.4, 0.5) is 5.69 Å². The van der Waals surface area contributed by atoms with E-state index < -0.39 is 16.5 Å². The maximum absolute atomic E-state index is 11.9. The molecule has 0 heterocycles. The van der Waals surface area contributed by atoms with Crippen molar-refractivity contribution in [3.8, 4) is 0 Å². The average molecular weight is 249 g/mol. The Morgan fingerprint density at radius 3 is 2.39 bits per heavy atom. The predicted octanol–water partition coefficient (Wildman–Crippen LogP) is 1.74. The molecule has 0 radical (unpaired) electrons. The fourth-order valence-electron chi connectivity index (χ4n) is 1.50. The van der Waals surface area contributed by atoms with Gasteiger partial charge in [-0.1, -0.05) is 25.1 Å². The number of benzene rings is 1. The number of hydrogen-bond donors (Lipinski definition) is 2. The van der Waals surface area contributed by atoms with Crippen LogP contribution in [0.25, 0.3) is 0 Å². The van der Waals surface area contributed by atoms with E-state index in [0.717, 1.165) is 0 Å². The molecule has 0 fully saturated rings. The average Bonchev–Trinajstić information content (AvgIpc) is 2.36. The fraction of sp³-hybridized carbons (Fsp3) is 0.250. The number of carbonyl (C=O) groups excluding carboxylic acids is 1. The Morgan fingerprint density at radius 1 is 1.33 bits per heavy atom. The number of para-hydroxylation sites is 1. The molecular weight excluding hydrogens is 234 g/mol. The number of hydrogen-bond acceptors (Lipinski definition) is 4. The Bertz CT molecular complexity index is 463. The minimum absolute atomic E-state index is 0.299. The predicted molar refractivity (Wildman–Crippen MR) is 68.4 cm³/mol. The molecule has 1 amide bonds. The van der Waals surface area contributed by atoms with E-state index in [9.17, 15) is 14.9 Å². The van der Waals surface area contributed by atoms with Gasteiger partial charge in [0.05, 0.1) is 10.6 Å². The number of amides is 1. The molecule has 1 aromatic carbocycles. The Kier molecular flexibility index (Phi) is 4.86. The van der Waals surface area contributed by atoms with Gasteiger partial charge >= 0.3 is 11.6 Å². The van der Waals surface area contributed by atoms with Crippen LogP contribution in [0, 0.1) is 10.1 Å². The van der Waals surface area contributed by atoms with Gasteiger partial charge in [-0.25, -0.2) is 0 Å². The van der Waals surface area contributed by atoms with Gasteiger partial charge in [-0.2, -0.15) is 0 Å². The van der Waals surface area contributed by atoms with Crippen molar-refractivity contribution < 1.29 is 9.72 Å². The molecular formula is C12H15N3O3. The van der Waals surface area contributed by atoms with Gasteiger partial charge in [-0.05, 0) is 18.6 Å². The van der Waals surface area contributed by atoms with Crippen LogP contribution in [-0.4, -0.2) is 17.9 Å². The zero-order valence-corrected chi connectivity index (χ0v) is 10.3. The van der Waals surface area contributed by atoms with Crippen LogP contribution in [0.5, 0.6) is 0 Å². The normalized spacial score (nSPS) is 11.4. The summed E-state index contributed by atoms with van der Waals surface area (Å²) in [5.74, 6) is -0.725. The Balaban J connectivity index is 2.99. The summed E-state index contributed by atoms with van der Waals surface area (Å²) in [6, 6.07) is 8.61. The second-order valence-electron chi connectivity index (χ2n) is 3.51. The first-order valence-electron chi connectivity index (χ1n) is 5.51. The van der Waals surface area contributed by atoms with E-state index in [1.54, 1.807) is 44.3 Å². The lowest BCUT2D eigenvalue weighted by Crippen LogP contribution is -2.25. The third-order valence-corrected chi connectivity index (χ3v) is 2.37. The molecule has 0 spiro atoms. The first-order valence-corrected chi connectivity index (χ1v) is 5.51. The quantitative estimate of drug-likeness (QED) is 0.473. The maximum atomic E-state index is 11.9. The van der Waals surface area contributed by atoms with Gasteiger partial charge in [0.15, 0.2) is 0 Å². The van der Waals surface area contributed by atoms with Crippen molar-refractivity contribution in [2.45, 2.75) is 13.3 Å². The number of nitro groups is 1. The molecule has 0 aliphatic heterocycles. The molecule has 0 unspecified atom stereocenters. The molecule has 6 nitrogen and oxygen atoms in total. The summed E-state index contributed by atoms with van der Waals surface area (Å²) in [5, 5.41) is 16.1. The van der Waals surface area contributed by atoms with Crippen LogP contribution in [0.15, 0.2) is 41.7 Å². The minimum atomic E-state index is -0.725. The van der Waals surface area contributed by atoms with Crippen molar-refractivity contribution in [1.82, 2.24) is 5.32 Å². The molecule has 0 atom stereocenters. The first-order chi connectivity index (χ1) is 8.60. The van der Waals surface area contributed by atoms with Crippen LogP contribution in [0.2, 0.25) is 0 Å². The van der Waals surface area contributed by atoms with E-state index >= 15 is 0 Å². The van der Waals surface area contributed by atoms with E-state index in [0.29, 0.717) is 17.8 Å². The number of anilines is 1. The Morgan fingerprint density at radius 2 is 1.94 bits per heavy atom. The first kappa shape index (κ1) is 13.7. The summed E-state index contributed by atoms with van der Waals surface area (Å²) < 4.78 is 0. The number of rotatable bonds is 5. The smallest absolute Gasteiger partial charge is 0.352 e. The third kappa shape index (κ3) is 3.31. The van der Waals surface area contributed by atoms with Crippen molar-refractivity contribution in [3.63, 3.8) is 0 Å². The van der Waals surface area contributed by atoms with Crippen LogP contribution in [0.1, 0.15) is 13.3 Å². The highest BCUT2D eigenvalue weighted by atomic mass is 16.6. The highest BCUT2D eigenvalue weighted by Gasteiger charge is 2.26. The number of nitrogens with one attached hydrogen (secondary N) is 2. The summed E-state index contributed by atoms with van der Waals surface area (Å²) in [4.78, 5) is 22.1. The summed E-state index contributed by atoms with van der Waals surface area (Å²) in [6.45, 7) is 1.74. The monoisotopic (exact) mass is 249 g/mol. The minimum Gasteiger partial charge on any atom is -0.386 e. The van der Waals surface area contributed by atoms with Crippen molar-refractivity contribution in [1.29, 1.82) is 0 Å². The van der Waals surface area contributed by atoms with Gasteiger partial charge in [-0.15, -0.1) is 0 Å². The van der Waals surface area contributed by atoms with E-state index in [2.05, 4.69) is 10.6 Å². The van der Waals surface area contributed by atoms with Crippen LogP contribution < -0.4 is 10.6 Å². The topological polar surface area (TPSA) is 84.3 Å². The van der Waals surface area contributed by atoms with Gasteiger partial charge in [0.1, 0.15) is 0 Å². The number of nitrogens with zero attached hydrogens (tertiary/aromatic N) is 1. The molecule has 1 rings (SSSR count). The van der Waals surface area contributed by atoms with Crippen LogP contribution in [-0.2, 0) is 4.79 Å². The van der Waals surface area contributed by atoms with Crippen molar-refractivity contribution in [3.05, 3.63) is 51.8 Å². The number of carbonyl (C=O) groups is 1. The summed E-state index contributed by atoms with van der Waals surface area (Å²) in [5.41, 5.74) is 0.366. The Hall–Kier alpha value is -2.37. The van der Waals surface area contributed by atoms with E-state index in [-0.39, 0.29) is 0 Å². The van der Waals surface area contributed by atoms with Crippen molar-refractivity contribution in [2.24, 2.45) is 0 Å². The summed E-state index contributed by atoms with van der Waals surface area (Å²) in [6.07, 6.45) is 0.384. The highest BCUT2D eigenvalue weighted by molar-refractivity contribution is 6.02. The van der Waals surface area contributed by atoms with Gasteiger partial charge in [-0.3, -0.25) is 14.9 Å². The largest absolute Gasteiger partial charge is 0.386 e. The van der Waals surface area contributed by atoms with E-state index in [4.69, 9.17) is 0 Å². The maximum Gasteiger partial charge on any atom is 0.352 e. The molecule has 96 valence electrons. The second kappa shape index (κ2) is 6.39. The molecule has 1 aromatic rings. The van der Waals surface area contributed by atoms with E-state index in [1.807, 2.05) is 0 Å². The standard InChI is InChI=1S/C12H15N3O3/c1-3-10(13-2)11(15(17)18)12(16)14-9-7-5-4-6-8-9/h4-8,13H,3H2,1-2H3,(H,14,16). The van der Waals surface area contributed by atoms with Crippen molar-refractivity contribution >= 4 is 11.6 Å². The number of allylic oxidation sites excluding steroid dienone is 1. The molecule has 0 saturated heterocycles. The van der Waals surface area contributed by atoms with Gasteiger partial charge in [0.2, 0.25) is 0 Å². The molecule has 2 N–H and O–H groups in total. The molecule has 18 heavy (non-hydrogen) atoms. The lowest BCUT2D eigenvalue weighted by Gasteiger charge is -2.07. The zero-order chi connectivity index (χ0) is 13.5. The molecule has 6 heteroatoms. The third-order valence-electron chi connectivity index (χ3n) is 2.37. The highest BCUT2D eigenvalue weighted by Crippen LogP contribution is 2.11. The van der Waals surface area contributed by atoms with Gasteiger partial charge in [0, 0.05) is 12.7 Å². The molecule has 0 saturated carbocycles. The Labute approximate surface area is 105 Å². The van der Waals surface area contributed by atoms with Crippen molar-refractivity contribution in [2.75, 3.05) is 12.4 Å². The van der Waals surface area contributed by atoms with Gasteiger partial charge in [0.25, 0.3) is 0 Å². The SMILES string of the molecule is CCC(NC)=C(C(=O)Nc1ccccc1)[N+](=O)[O-]. The second-order valence-corrected chi connectivity index (χ2v) is 3.51. The molecule has 0 bridgehead atoms. The van der Waals surface area contributed by atoms with Crippen LogP contribution >= 0.6 is 0 Å². The van der Waals surface area contributed by atoms with Crippen LogP contribution in [0.3, 0.4) is 0 Å². The molecule has 0 aliphatic carbocycles. The lowest BCUT2D eigenvalue weighted by atomic mass is 10.2. The fourth-order valence-corrected chi connectivity index (χ4v) is 1.50. The summed E-state index contributed by atoms with van der Waals surface area (Å²) >= 11 is 0. The molecule has 0 aliphatic rings.